The monoisotopic (exact) mass is 333 g/mol. The van der Waals surface area contributed by atoms with Crippen molar-refractivity contribution in [3.8, 4) is 0 Å². The summed E-state index contributed by atoms with van der Waals surface area (Å²) >= 11 is 0. The quantitative estimate of drug-likeness (QED) is 0.550. The summed E-state index contributed by atoms with van der Waals surface area (Å²) in [5, 5.41) is 2.76. The van der Waals surface area contributed by atoms with Gasteiger partial charge in [0.2, 0.25) is 0 Å². The maximum atomic E-state index is 11.7. The molecule has 1 aromatic rings. The zero-order valence-electron chi connectivity index (χ0n) is 14.0. The third-order valence-corrected chi connectivity index (χ3v) is 3.10. The number of hydrogen-bond donors (Lipinski definition) is 1. The number of amides is 1. The van der Waals surface area contributed by atoms with Crippen LogP contribution in [0.15, 0.2) is 42.5 Å². The van der Waals surface area contributed by atoms with Gasteiger partial charge in [0.05, 0.1) is 6.61 Å². The Morgan fingerprint density at radius 3 is 2.33 bits per heavy atom. The van der Waals surface area contributed by atoms with E-state index in [1.807, 2.05) is 37.3 Å². The molecule has 0 aromatic heterocycles. The number of ether oxygens (including phenoxy) is 2. The van der Waals surface area contributed by atoms with Gasteiger partial charge in [-0.3, -0.25) is 4.79 Å². The largest absolute Gasteiger partial charge is 0.463 e. The summed E-state index contributed by atoms with van der Waals surface area (Å²) in [6, 6.07) is 9.94. The van der Waals surface area contributed by atoms with Crippen LogP contribution in [-0.4, -0.2) is 37.1 Å². The zero-order valence-corrected chi connectivity index (χ0v) is 14.0. The van der Waals surface area contributed by atoms with E-state index in [1.165, 1.54) is 5.56 Å². The summed E-state index contributed by atoms with van der Waals surface area (Å²) in [7, 11) is 0. The van der Waals surface area contributed by atoms with Crippen molar-refractivity contribution >= 4 is 17.8 Å². The predicted molar refractivity (Wildman–Crippen MR) is 89.1 cm³/mol. The van der Waals surface area contributed by atoms with E-state index in [0.717, 1.165) is 25.0 Å². The van der Waals surface area contributed by atoms with E-state index in [2.05, 4.69) is 10.1 Å². The first kappa shape index (κ1) is 19.4. The molecule has 1 aromatic carbocycles. The van der Waals surface area contributed by atoms with Gasteiger partial charge in [-0.2, -0.15) is 0 Å². The smallest absolute Gasteiger partial charge is 0.331 e. The Labute approximate surface area is 141 Å². The zero-order chi connectivity index (χ0) is 17.8. The molecule has 0 unspecified atom stereocenters. The Morgan fingerprint density at radius 2 is 1.71 bits per heavy atom. The number of rotatable bonds is 9. The first-order valence-electron chi connectivity index (χ1n) is 7.86. The Hall–Kier alpha value is -2.63. The van der Waals surface area contributed by atoms with Crippen molar-refractivity contribution in [2.75, 3.05) is 13.2 Å². The molecule has 0 spiro atoms. The van der Waals surface area contributed by atoms with Crippen molar-refractivity contribution in [2.45, 2.75) is 32.7 Å². The second-order valence-electron chi connectivity index (χ2n) is 5.19. The van der Waals surface area contributed by atoms with Crippen LogP contribution in [0.3, 0.4) is 0 Å². The topological polar surface area (TPSA) is 81.7 Å². The average molecular weight is 333 g/mol. The maximum Gasteiger partial charge on any atom is 0.331 e. The molecule has 0 heterocycles. The molecule has 130 valence electrons. The average Bonchev–Trinajstić information content (AvgIpc) is 2.57. The number of nitrogens with one attached hydrogen (secondary N) is 1. The minimum atomic E-state index is -0.768. The minimum Gasteiger partial charge on any atom is -0.463 e. The van der Waals surface area contributed by atoms with Gasteiger partial charge in [-0.15, -0.1) is 0 Å². The molecular formula is C18H23NO5. The highest BCUT2D eigenvalue weighted by Crippen LogP contribution is 2.04. The summed E-state index contributed by atoms with van der Waals surface area (Å²) in [6.45, 7) is 3.39. The van der Waals surface area contributed by atoms with Gasteiger partial charge in [0.15, 0.2) is 6.61 Å². The molecule has 0 saturated carbocycles. The third-order valence-electron chi connectivity index (χ3n) is 3.10. The van der Waals surface area contributed by atoms with E-state index >= 15 is 0 Å². The summed E-state index contributed by atoms with van der Waals surface area (Å²) in [6.07, 6.45) is 3.53. The molecule has 6 nitrogen and oxygen atoms in total. The van der Waals surface area contributed by atoms with E-state index in [-0.39, 0.29) is 25.2 Å². The number of benzene rings is 1. The van der Waals surface area contributed by atoms with Crippen LogP contribution in [0.1, 0.15) is 25.8 Å². The second kappa shape index (κ2) is 11.0. The Balaban J connectivity index is 2.23. The summed E-state index contributed by atoms with van der Waals surface area (Å²) < 4.78 is 9.37. The second-order valence-corrected chi connectivity index (χ2v) is 5.19. The molecule has 0 radical (unpaired) electrons. The highest BCUT2D eigenvalue weighted by Gasteiger charge is 2.09. The SMILES string of the molecule is CCOC(=O)/C=C/C(=O)OCC(=O)N[C@H](C)CCc1ccccc1. The molecule has 0 aliphatic heterocycles. The molecule has 0 aliphatic rings. The van der Waals surface area contributed by atoms with Crippen LogP contribution >= 0.6 is 0 Å². The number of hydrogen-bond acceptors (Lipinski definition) is 5. The van der Waals surface area contributed by atoms with Crippen LogP contribution in [0.2, 0.25) is 0 Å². The highest BCUT2D eigenvalue weighted by atomic mass is 16.5. The number of carbonyl (C=O) groups is 3. The molecule has 0 fully saturated rings. The first-order valence-corrected chi connectivity index (χ1v) is 7.86. The van der Waals surface area contributed by atoms with E-state index in [4.69, 9.17) is 4.74 Å². The molecule has 24 heavy (non-hydrogen) atoms. The van der Waals surface area contributed by atoms with Gasteiger partial charge in [0.25, 0.3) is 5.91 Å². The predicted octanol–water partition coefficient (Wildman–Crippen LogP) is 1.79. The van der Waals surface area contributed by atoms with Crippen LogP contribution in [0.5, 0.6) is 0 Å². The lowest BCUT2D eigenvalue weighted by Gasteiger charge is -2.13. The number of esters is 2. The van der Waals surface area contributed by atoms with E-state index in [1.54, 1.807) is 6.92 Å². The van der Waals surface area contributed by atoms with E-state index < -0.39 is 11.9 Å². The summed E-state index contributed by atoms with van der Waals surface area (Å²) in [4.78, 5) is 34.1. The molecule has 0 aliphatic carbocycles. The molecule has 6 heteroatoms. The van der Waals surface area contributed by atoms with Crippen molar-refractivity contribution in [1.82, 2.24) is 5.32 Å². The van der Waals surface area contributed by atoms with Gasteiger partial charge < -0.3 is 14.8 Å². The fraction of sp³-hybridized carbons (Fsp3) is 0.389. The van der Waals surface area contributed by atoms with Gasteiger partial charge in [0, 0.05) is 18.2 Å². The summed E-state index contributed by atoms with van der Waals surface area (Å²) in [5.41, 5.74) is 1.20. The molecular weight excluding hydrogens is 310 g/mol. The number of aryl methyl sites for hydroxylation is 1. The lowest BCUT2D eigenvalue weighted by molar-refractivity contribution is -0.144. The molecule has 0 bridgehead atoms. The van der Waals surface area contributed by atoms with Gasteiger partial charge in [0.1, 0.15) is 0 Å². The van der Waals surface area contributed by atoms with Gasteiger partial charge in [-0.05, 0) is 32.3 Å². The normalized spacial score (nSPS) is 11.8. The molecule has 1 atom stereocenters. The Bertz CT molecular complexity index is 568. The van der Waals surface area contributed by atoms with Crippen molar-refractivity contribution < 1.29 is 23.9 Å². The van der Waals surface area contributed by atoms with Crippen molar-refractivity contribution in [2.24, 2.45) is 0 Å². The standard InChI is InChI=1S/C18H23NO5/c1-3-23-17(21)11-12-18(22)24-13-16(20)19-14(2)9-10-15-7-5-4-6-8-15/h4-8,11-12,14H,3,9-10,13H2,1-2H3,(H,19,20)/b12-11+/t14-/m1/s1. The van der Waals surface area contributed by atoms with Gasteiger partial charge in [-0.1, -0.05) is 30.3 Å². The fourth-order valence-electron chi connectivity index (χ4n) is 1.93. The van der Waals surface area contributed by atoms with Crippen LogP contribution in [0.4, 0.5) is 0 Å². The van der Waals surface area contributed by atoms with Gasteiger partial charge >= 0.3 is 11.9 Å². The summed E-state index contributed by atoms with van der Waals surface area (Å²) in [5.74, 6) is -1.78. The van der Waals surface area contributed by atoms with E-state index in [0.29, 0.717) is 0 Å². The molecule has 1 N–H and O–H groups in total. The van der Waals surface area contributed by atoms with Crippen LogP contribution < -0.4 is 5.32 Å². The fourth-order valence-corrected chi connectivity index (χ4v) is 1.93. The molecule has 1 amide bonds. The third kappa shape index (κ3) is 8.73. The lowest BCUT2D eigenvalue weighted by Crippen LogP contribution is -2.36. The van der Waals surface area contributed by atoms with Crippen LogP contribution in [-0.2, 0) is 30.3 Å². The van der Waals surface area contributed by atoms with E-state index in [9.17, 15) is 14.4 Å². The molecule has 0 saturated heterocycles. The Morgan fingerprint density at radius 1 is 1.08 bits per heavy atom. The van der Waals surface area contributed by atoms with Crippen LogP contribution in [0.25, 0.3) is 0 Å². The number of carbonyl (C=O) groups excluding carboxylic acids is 3. The minimum absolute atomic E-state index is 0.0357. The van der Waals surface area contributed by atoms with Crippen molar-refractivity contribution in [3.05, 3.63) is 48.0 Å². The van der Waals surface area contributed by atoms with Crippen LogP contribution in [0, 0.1) is 0 Å². The van der Waals surface area contributed by atoms with Crippen molar-refractivity contribution in [1.29, 1.82) is 0 Å². The first-order chi connectivity index (χ1) is 11.5. The Kier molecular flexibility index (Phi) is 8.89. The lowest BCUT2D eigenvalue weighted by atomic mass is 10.1. The molecule has 1 rings (SSSR count). The van der Waals surface area contributed by atoms with Gasteiger partial charge in [-0.25, -0.2) is 9.59 Å². The maximum absolute atomic E-state index is 11.7. The van der Waals surface area contributed by atoms with Crippen molar-refractivity contribution in [3.63, 3.8) is 0 Å². The highest BCUT2D eigenvalue weighted by molar-refractivity contribution is 5.92.